The first-order valence-corrected chi connectivity index (χ1v) is 11.0. The minimum absolute atomic E-state index is 0.158. The third-order valence-electron chi connectivity index (χ3n) is 3.52. The Morgan fingerprint density at radius 3 is 2.71 bits per heavy atom. The fourth-order valence-electron chi connectivity index (χ4n) is 2.40. The Kier molecular flexibility index (Phi) is 4.19. The molecule has 4 aromatic rings. The Morgan fingerprint density at radius 1 is 1.04 bits per heavy atom. The molecular formula is C15H11N3O2S4. The zero-order chi connectivity index (χ0) is 16.6. The topological polar surface area (TPSA) is 72.0 Å². The van der Waals surface area contributed by atoms with Gasteiger partial charge in [-0.15, -0.1) is 11.3 Å². The van der Waals surface area contributed by atoms with Crippen molar-refractivity contribution < 1.29 is 8.42 Å². The van der Waals surface area contributed by atoms with Crippen LogP contribution in [0, 0.1) is 0 Å². The van der Waals surface area contributed by atoms with Crippen molar-refractivity contribution in [3.8, 4) is 0 Å². The molecule has 0 aliphatic rings. The van der Waals surface area contributed by atoms with Gasteiger partial charge in [-0.2, -0.15) is 24.8 Å². The zero-order valence-electron chi connectivity index (χ0n) is 12.1. The number of hydrogen-bond donors (Lipinski definition) is 1. The van der Waals surface area contributed by atoms with Gasteiger partial charge in [0.1, 0.15) is 15.9 Å². The first kappa shape index (κ1) is 15.9. The Bertz CT molecular complexity index is 1020. The van der Waals surface area contributed by atoms with E-state index in [9.17, 15) is 8.42 Å². The van der Waals surface area contributed by atoms with E-state index in [0.29, 0.717) is 11.0 Å². The lowest BCUT2D eigenvalue weighted by molar-refractivity contribution is 0.574. The van der Waals surface area contributed by atoms with Crippen LogP contribution in [0.2, 0.25) is 0 Å². The van der Waals surface area contributed by atoms with E-state index in [4.69, 9.17) is 0 Å². The van der Waals surface area contributed by atoms with E-state index < -0.39 is 16.1 Å². The van der Waals surface area contributed by atoms with Crippen LogP contribution in [-0.2, 0) is 10.0 Å². The Balaban J connectivity index is 1.78. The highest BCUT2D eigenvalue weighted by molar-refractivity contribution is 7.89. The molecule has 1 aromatic carbocycles. The fourth-order valence-corrected chi connectivity index (χ4v) is 5.94. The van der Waals surface area contributed by atoms with Crippen LogP contribution in [0.4, 0.5) is 0 Å². The number of hydrogen-bond acceptors (Lipinski definition) is 7. The van der Waals surface area contributed by atoms with Crippen LogP contribution < -0.4 is 4.72 Å². The van der Waals surface area contributed by atoms with Gasteiger partial charge >= 0.3 is 0 Å². The first-order valence-electron chi connectivity index (χ1n) is 6.94. The Morgan fingerprint density at radius 2 is 1.96 bits per heavy atom. The van der Waals surface area contributed by atoms with Crippen LogP contribution in [0.5, 0.6) is 0 Å². The summed E-state index contributed by atoms with van der Waals surface area (Å²) < 4.78 is 37.0. The molecule has 9 heteroatoms. The van der Waals surface area contributed by atoms with Crippen molar-refractivity contribution in [3.63, 3.8) is 0 Å². The van der Waals surface area contributed by atoms with Crippen molar-refractivity contribution in [2.75, 3.05) is 0 Å². The van der Waals surface area contributed by atoms with Gasteiger partial charge in [0, 0.05) is 4.88 Å². The molecule has 0 saturated carbocycles. The number of thiophene rings is 2. The average molecular weight is 394 g/mol. The van der Waals surface area contributed by atoms with Gasteiger partial charge in [0.05, 0.1) is 17.8 Å². The molecule has 0 aliphatic heterocycles. The van der Waals surface area contributed by atoms with Crippen molar-refractivity contribution in [1.29, 1.82) is 0 Å². The summed E-state index contributed by atoms with van der Waals surface area (Å²) in [5.41, 5.74) is 1.92. The summed E-state index contributed by atoms with van der Waals surface area (Å²) in [6, 6.07) is 10.4. The molecule has 3 aromatic heterocycles. The van der Waals surface area contributed by atoms with Gasteiger partial charge in [-0.3, -0.25) is 0 Å². The summed E-state index contributed by atoms with van der Waals surface area (Å²) in [5.74, 6) is 0. The van der Waals surface area contributed by atoms with Crippen molar-refractivity contribution in [2.24, 2.45) is 0 Å². The number of nitrogens with zero attached hydrogens (tertiary/aromatic N) is 2. The molecule has 0 spiro atoms. The van der Waals surface area contributed by atoms with Gasteiger partial charge in [0.25, 0.3) is 0 Å². The number of benzene rings is 1. The minimum Gasteiger partial charge on any atom is -0.207 e. The van der Waals surface area contributed by atoms with E-state index in [2.05, 4.69) is 13.5 Å². The second-order valence-corrected chi connectivity index (χ2v) is 8.98. The van der Waals surface area contributed by atoms with Gasteiger partial charge in [-0.05, 0) is 46.0 Å². The number of fused-ring (bicyclic) bond motifs is 1. The maximum absolute atomic E-state index is 13.0. The lowest BCUT2D eigenvalue weighted by Crippen LogP contribution is -2.29. The molecule has 122 valence electrons. The second kappa shape index (κ2) is 6.34. The van der Waals surface area contributed by atoms with Crippen molar-refractivity contribution in [3.05, 3.63) is 63.0 Å². The largest absolute Gasteiger partial charge is 0.243 e. The molecule has 0 fully saturated rings. The molecule has 0 aliphatic carbocycles. The van der Waals surface area contributed by atoms with E-state index in [-0.39, 0.29) is 4.90 Å². The van der Waals surface area contributed by atoms with E-state index in [1.165, 1.54) is 11.3 Å². The maximum atomic E-state index is 13.0. The summed E-state index contributed by atoms with van der Waals surface area (Å²) >= 11 is 4.07. The van der Waals surface area contributed by atoms with Crippen LogP contribution in [-0.4, -0.2) is 17.2 Å². The molecule has 3 heterocycles. The van der Waals surface area contributed by atoms with E-state index in [1.54, 1.807) is 29.5 Å². The van der Waals surface area contributed by atoms with Crippen LogP contribution in [0.1, 0.15) is 16.5 Å². The van der Waals surface area contributed by atoms with Crippen molar-refractivity contribution >= 4 is 55.5 Å². The molecule has 0 unspecified atom stereocenters. The van der Waals surface area contributed by atoms with Gasteiger partial charge in [-0.1, -0.05) is 12.1 Å². The molecule has 0 bridgehead atoms. The monoisotopic (exact) mass is 393 g/mol. The predicted octanol–water partition coefficient (Wildman–Crippen LogP) is 3.88. The van der Waals surface area contributed by atoms with Crippen LogP contribution in [0.25, 0.3) is 11.0 Å². The summed E-state index contributed by atoms with van der Waals surface area (Å²) in [5, 5.41) is 5.83. The standard InChI is InChI=1S/C15H11N3O2S4/c19-24(20,13-5-1-3-11-15(13)17-23-16-11)18-14(10-6-8-21-9-10)12-4-2-7-22-12/h1-9,14,18H/t14-/m0/s1. The molecule has 0 radical (unpaired) electrons. The predicted molar refractivity (Wildman–Crippen MR) is 98.2 cm³/mol. The molecule has 5 nitrogen and oxygen atoms in total. The van der Waals surface area contributed by atoms with Crippen molar-refractivity contribution in [2.45, 2.75) is 10.9 Å². The van der Waals surface area contributed by atoms with Crippen LogP contribution in [0.3, 0.4) is 0 Å². The van der Waals surface area contributed by atoms with Crippen LogP contribution >= 0.6 is 34.4 Å². The van der Waals surface area contributed by atoms with Crippen molar-refractivity contribution in [1.82, 2.24) is 13.5 Å². The second-order valence-electron chi connectivity index (χ2n) is 5.01. The van der Waals surface area contributed by atoms with Gasteiger partial charge < -0.3 is 0 Å². The van der Waals surface area contributed by atoms with Crippen LogP contribution in [0.15, 0.2) is 57.4 Å². The molecule has 4 rings (SSSR count). The normalized spacial score (nSPS) is 13.3. The molecule has 0 saturated heterocycles. The highest BCUT2D eigenvalue weighted by atomic mass is 32.2. The fraction of sp³-hybridized carbons (Fsp3) is 0.0667. The highest BCUT2D eigenvalue weighted by Crippen LogP contribution is 2.30. The molecular weight excluding hydrogens is 382 g/mol. The highest BCUT2D eigenvalue weighted by Gasteiger charge is 2.26. The van der Waals surface area contributed by atoms with Gasteiger partial charge in [-0.25, -0.2) is 8.42 Å². The van der Waals surface area contributed by atoms with Gasteiger partial charge in [0.2, 0.25) is 10.0 Å². The summed E-state index contributed by atoms with van der Waals surface area (Å²) in [6.45, 7) is 0. The molecule has 1 atom stereocenters. The summed E-state index contributed by atoms with van der Waals surface area (Å²) in [6.07, 6.45) is 0. The summed E-state index contributed by atoms with van der Waals surface area (Å²) in [7, 11) is -3.74. The minimum atomic E-state index is -3.74. The number of rotatable bonds is 5. The average Bonchev–Trinajstić information content (AvgIpc) is 3.34. The quantitative estimate of drug-likeness (QED) is 0.558. The molecule has 24 heavy (non-hydrogen) atoms. The molecule has 0 amide bonds. The SMILES string of the molecule is O=S(=O)(N[C@@H](c1ccsc1)c1cccs1)c1cccc2nsnc12. The Labute approximate surface area is 151 Å². The first-order chi connectivity index (χ1) is 11.6. The number of nitrogens with one attached hydrogen (secondary N) is 1. The smallest absolute Gasteiger partial charge is 0.207 e. The number of aromatic nitrogens is 2. The van der Waals surface area contributed by atoms with E-state index in [0.717, 1.165) is 22.2 Å². The number of sulfonamides is 1. The Hall–Kier alpha value is -1.65. The van der Waals surface area contributed by atoms with Gasteiger partial charge in [0.15, 0.2) is 0 Å². The third-order valence-corrected chi connectivity index (χ3v) is 7.15. The third kappa shape index (κ3) is 2.89. The van der Waals surface area contributed by atoms with E-state index in [1.807, 2.05) is 34.3 Å². The summed E-state index contributed by atoms with van der Waals surface area (Å²) in [4.78, 5) is 1.10. The van der Waals surface area contributed by atoms with E-state index >= 15 is 0 Å². The lowest BCUT2D eigenvalue weighted by atomic mass is 10.1. The lowest BCUT2D eigenvalue weighted by Gasteiger charge is -2.17. The zero-order valence-corrected chi connectivity index (χ0v) is 15.4. The molecule has 1 N–H and O–H groups in total. The maximum Gasteiger partial charge on any atom is 0.243 e.